The zero-order valence-corrected chi connectivity index (χ0v) is 22.9. The Morgan fingerprint density at radius 1 is 1.13 bits per heavy atom. The molecule has 3 heterocycles. The number of alkyl halides is 1. The molecule has 0 aliphatic carbocycles. The molecule has 2 aliphatic rings. The van der Waals surface area contributed by atoms with Crippen LogP contribution in [0.3, 0.4) is 0 Å². The molecule has 39 heavy (non-hydrogen) atoms. The van der Waals surface area contributed by atoms with Crippen LogP contribution in [-0.4, -0.2) is 55.2 Å². The fraction of sp³-hybridized carbons (Fsp3) is 0.387. The molecule has 0 N–H and O–H groups in total. The van der Waals surface area contributed by atoms with Gasteiger partial charge < -0.3 is 14.2 Å². The van der Waals surface area contributed by atoms with Crippen LogP contribution >= 0.6 is 11.6 Å². The van der Waals surface area contributed by atoms with Crippen LogP contribution in [0.1, 0.15) is 31.7 Å². The normalized spacial score (nSPS) is 21.1. The van der Waals surface area contributed by atoms with E-state index in [-0.39, 0.29) is 18.1 Å². The zero-order chi connectivity index (χ0) is 27.1. The molecular weight excluding hydrogens is 522 g/mol. The van der Waals surface area contributed by atoms with Gasteiger partial charge in [0.25, 0.3) is 0 Å². The third kappa shape index (κ3) is 4.81. The molecule has 6 rings (SSSR count). The Bertz CT molecular complexity index is 1550. The molecule has 3 aromatic carbocycles. The van der Waals surface area contributed by atoms with Crippen LogP contribution in [0.5, 0.6) is 11.6 Å². The maximum Gasteiger partial charge on any atom is 0.215 e. The molecule has 0 spiro atoms. The maximum absolute atomic E-state index is 14.9. The van der Waals surface area contributed by atoms with E-state index in [1.54, 1.807) is 19.2 Å². The van der Waals surface area contributed by atoms with E-state index in [9.17, 15) is 8.78 Å². The molecule has 2 fully saturated rings. The minimum absolute atomic E-state index is 0.102. The second-order valence-corrected chi connectivity index (χ2v) is 10.9. The summed E-state index contributed by atoms with van der Waals surface area (Å²) in [6, 6.07) is 14.6. The fourth-order valence-corrected chi connectivity index (χ4v) is 6.59. The van der Waals surface area contributed by atoms with E-state index in [1.165, 1.54) is 6.07 Å². The van der Waals surface area contributed by atoms with Crippen molar-refractivity contribution < 1.29 is 23.0 Å². The number of ether oxygens (including phenoxy) is 3. The lowest BCUT2D eigenvalue weighted by Crippen LogP contribution is -2.43. The van der Waals surface area contributed by atoms with Gasteiger partial charge in [-0.25, -0.2) is 13.8 Å². The Balaban J connectivity index is 1.41. The van der Waals surface area contributed by atoms with E-state index in [0.29, 0.717) is 53.7 Å². The summed E-state index contributed by atoms with van der Waals surface area (Å²) >= 11 is 6.66. The first-order valence-electron chi connectivity index (χ1n) is 13.4. The van der Waals surface area contributed by atoms with Crippen molar-refractivity contribution in [3.63, 3.8) is 0 Å². The quantitative estimate of drug-likeness (QED) is 0.214. The van der Waals surface area contributed by atoms with Crippen molar-refractivity contribution in [1.82, 2.24) is 9.88 Å². The number of aromatic nitrogens is 1. The first-order valence-corrected chi connectivity index (χ1v) is 13.8. The largest absolute Gasteiger partial charge is 0.476 e. The topological polar surface area (TPSA) is 43.8 Å². The van der Waals surface area contributed by atoms with E-state index in [4.69, 9.17) is 30.8 Å². The molecule has 4 aromatic rings. The summed E-state index contributed by atoms with van der Waals surface area (Å²) in [7, 11) is 1.57. The average molecular weight is 553 g/mol. The Kier molecular flexibility index (Phi) is 7.08. The molecule has 8 heteroatoms. The Morgan fingerprint density at radius 3 is 2.82 bits per heavy atom. The van der Waals surface area contributed by atoms with Gasteiger partial charge in [-0.05, 0) is 77.5 Å². The summed E-state index contributed by atoms with van der Waals surface area (Å²) in [5, 5.41) is 3.03. The highest BCUT2D eigenvalue weighted by Gasteiger charge is 2.49. The summed E-state index contributed by atoms with van der Waals surface area (Å²) in [6.07, 6.45) is 2.18. The molecule has 2 saturated heterocycles. The predicted octanol–water partition coefficient (Wildman–Crippen LogP) is 7.35. The van der Waals surface area contributed by atoms with Crippen molar-refractivity contribution in [1.29, 1.82) is 0 Å². The number of halogens is 3. The van der Waals surface area contributed by atoms with E-state index < -0.39 is 6.17 Å². The third-order valence-electron chi connectivity index (χ3n) is 8.14. The smallest absolute Gasteiger partial charge is 0.215 e. The zero-order valence-electron chi connectivity index (χ0n) is 22.1. The van der Waals surface area contributed by atoms with Gasteiger partial charge in [-0.1, -0.05) is 36.7 Å². The number of rotatable bonds is 8. The predicted molar refractivity (Wildman–Crippen MR) is 150 cm³/mol. The average Bonchev–Trinajstić information content (AvgIpc) is 3.45. The summed E-state index contributed by atoms with van der Waals surface area (Å²) in [5.74, 6) is 0.798. The fourth-order valence-electron chi connectivity index (χ4n) is 6.33. The molecule has 0 unspecified atom stereocenters. The number of nitrogens with zero attached hydrogens (tertiary/aromatic N) is 2. The maximum atomic E-state index is 14.9. The minimum Gasteiger partial charge on any atom is -0.476 e. The number of hydrogen-bond donors (Lipinski definition) is 0. The van der Waals surface area contributed by atoms with Crippen molar-refractivity contribution >= 4 is 33.3 Å². The standard InChI is InChI=1S/C31H31ClF2N2O3/c1-3-23-27(34)8-6-20-11-22(39-18-37-2)13-25(30(20)23)19-5-7-24-26(32)14-29(35-28(24)12-19)38-17-31-9-4-10-36(31)16-21(33)15-31/h5-8,11-14,21H,3-4,9-10,15-18H2,1-2H3/t21-,31+/m1/s1. The van der Waals surface area contributed by atoms with Crippen LogP contribution < -0.4 is 9.47 Å². The molecule has 5 nitrogen and oxygen atoms in total. The van der Waals surface area contributed by atoms with E-state index in [2.05, 4.69) is 4.90 Å². The highest BCUT2D eigenvalue weighted by atomic mass is 35.5. The SMILES string of the molecule is CCc1c(F)ccc2cc(OCOC)cc(-c3ccc4c(Cl)cc(OC[C@@]56CCCN5C[C@H](F)C6)nc4c3)c12. The van der Waals surface area contributed by atoms with Crippen LogP contribution in [0.2, 0.25) is 5.02 Å². The first-order chi connectivity index (χ1) is 18.9. The summed E-state index contributed by atoms with van der Waals surface area (Å²) < 4.78 is 46.1. The van der Waals surface area contributed by atoms with Gasteiger partial charge in [0, 0.05) is 31.5 Å². The molecule has 2 aliphatic heterocycles. The van der Waals surface area contributed by atoms with Crippen LogP contribution in [0.25, 0.3) is 32.8 Å². The lowest BCUT2D eigenvalue weighted by atomic mass is 9.92. The van der Waals surface area contributed by atoms with Crippen LogP contribution in [0, 0.1) is 5.82 Å². The van der Waals surface area contributed by atoms with Gasteiger partial charge in [0.1, 0.15) is 24.3 Å². The number of benzene rings is 3. The summed E-state index contributed by atoms with van der Waals surface area (Å²) in [6.45, 7) is 3.80. The molecule has 204 valence electrons. The molecule has 0 bridgehead atoms. The highest BCUT2D eigenvalue weighted by Crippen LogP contribution is 2.41. The van der Waals surface area contributed by atoms with Crippen molar-refractivity contribution in [2.45, 2.75) is 44.3 Å². The molecule has 1 aromatic heterocycles. The van der Waals surface area contributed by atoms with Crippen LogP contribution in [0.15, 0.2) is 48.5 Å². The van der Waals surface area contributed by atoms with Gasteiger partial charge >= 0.3 is 0 Å². The van der Waals surface area contributed by atoms with Gasteiger partial charge in [-0.15, -0.1) is 0 Å². The molecule has 0 radical (unpaired) electrons. The van der Waals surface area contributed by atoms with E-state index in [1.807, 2.05) is 37.3 Å². The lowest BCUT2D eigenvalue weighted by molar-refractivity contribution is 0.0512. The number of pyridine rings is 1. The van der Waals surface area contributed by atoms with Crippen LogP contribution in [-0.2, 0) is 11.2 Å². The monoisotopic (exact) mass is 552 g/mol. The summed E-state index contributed by atoms with van der Waals surface area (Å²) in [4.78, 5) is 7.00. The van der Waals surface area contributed by atoms with Crippen molar-refractivity contribution in [2.24, 2.45) is 0 Å². The first kappa shape index (κ1) is 26.2. The molecule has 0 amide bonds. The molecule has 0 saturated carbocycles. The Hall–Kier alpha value is -3.00. The van der Waals surface area contributed by atoms with Crippen molar-refractivity contribution in [3.05, 3.63) is 64.9 Å². The van der Waals surface area contributed by atoms with Crippen molar-refractivity contribution in [3.8, 4) is 22.8 Å². The Morgan fingerprint density at radius 2 is 2.00 bits per heavy atom. The minimum atomic E-state index is -0.819. The number of hydrogen-bond acceptors (Lipinski definition) is 5. The van der Waals surface area contributed by atoms with Crippen LogP contribution in [0.4, 0.5) is 8.78 Å². The van der Waals surface area contributed by atoms with E-state index >= 15 is 0 Å². The molecule has 2 atom stereocenters. The lowest BCUT2D eigenvalue weighted by Gasteiger charge is -2.31. The Labute approximate surface area is 231 Å². The summed E-state index contributed by atoms with van der Waals surface area (Å²) in [5.41, 5.74) is 2.73. The van der Waals surface area contributed by atoms with Gasteiger partial charge in [-0.3, -0.25) is 4.90 Å². The second kappa shape index (κ2) is 10.5. The number of fused-ring (bicyclic) bond motifs is 3. The third-order valence-corrected chi connectivity index (χ3v) is 8.45. The second-order valence-electron chi connectivity index (χ2n) is 10.5. The number of methoxy groups -OCH3 is 1. The van der Waals surface area contributed by atoms with Gasteiger partial charge in [0.2, 0.25) is 5.88 Å². The number of aryl methyl sites for hydroxylation is 1. The van der Waals surface area contributed by atoms with Gasteiger partial charge in [0.15, 0.2) is 6.79 Å². The van der Waals surface area contributed by atoms with Crippen molar-refractivity contribution in [2.75, 3.05) is 33.6 Å². The van der Waals surface area contributed by atoms with Gasteiger partial charge in [0.05, 0.1) is 16.1 Å². The van der Waals surface area contributed by atoms with E-state index in [0.717, 1.165) is 46.7 Å². The highest BCUT2D eigenvalue weighted by molar-refractivity contribution is 6.35. The molecular formula is C31H31ClF2N2O3. The van der Waals surface area contributed by atoms with Gasteiger partial charge in [-0.2, -0.15) is 0 Å².